The van der Waals surface area contributed by atoms with E-state index < -0.39 is 0 Å². The molecule has 1 rings (SSSR count). The molecule has 0 fully saturated rings. The van der Waals surface area contributed by atoms with Crippen LogP contribution in [0.2, 0.25) is 0 Å². The maximum atomic E-state index is 8.93. The summed E-state index contributed by atoms with van der Waals surface area (Å²) in [5.74, 6) is 2.78. The molecule has 0 saturated heterocycles. The summed E-state index contributed by atoms with van der Waals surface area (Å²) in [6, 6.07) is 6.07. The van der Waals surface area contributed by atoms with E-state index in [-0.39, 0.29) is 5.84 Å². The molecule has 0 atom stereocenters. The predicted molar refractivity (Wildman–Crippen MR) is 80.9 cm³/mol. The molecule has 100 valence electrons. The molecule has 0 radical (unpaired) electrons. The smallest absolute Gasteiger partial charge is 0.172 e. The van der Waals surface area contributed by atoms with Crippen molar-refractivity contribution in [2.75, 3.05) is 11.5 Å². The molecule has 0 aliphatic rings. The highest BCUT2D eigenvalue weighted by Gasteiger charge is 2.13. The summed E-state index contributed by atoms with van der Waals surface area (Å²) in [4.78, 5) is 2.15. The summed E-state index contributed by atoms with van der Waals surface area (Å²) in [5.41, 5.74) is 6.66. The van der Waals surface area contributed by atoms with Gasteiger partial charge < -0.3 is 10.9 Å². The van der Waals surface area contributed by atoms with Crippen LogP contribution in [0.4, 0.5) is 0 Å². The third-order valence-electron chi connectivity index (χ3n) is 2.22. The minimum Gasteiger partial charge on any atom is -0.409 e. The summed E-state index contributed by atoms with van der Waals surface area (Å²) in [7, 11) is 0. The molecule has 0 saturated carbocycles. The van der Waals surface area contributed by atoms with Gasteiger partial charge in [0.25, 0.3) is 0 Å². The van der Waals surface area contributed by atoms with Gasteiger partial charge in [-0.15, -0.1) is 23.5 Å². The van der Waals surface area contributed by atoms with Crippen molar-refractivity contribution in [3.05, 3.63) is 23.8 Å². The first-order valence-corrected chi connectivity index (χ1v) is 7.93. The first-order valence-electron chi connectivity index (χ1n) is 5.96. The Labute approximate surface area is 117 Å². The van der Waals surface area contributed by atoms with E-state index in [4.69, 9.17) is 10.9 Å². The molecule has 0 amide bonds. The van der Waals surface area contributed by atoms with Crippen molar-refractivity contribution in [2.45, 2.75) is 30.6 Å². The van der Waals surface area contributed by atoms with Crippen molar-refractivity contribution in [1.82, 2.24) is 0 Å². The van der Waals surface area contributed by atoms with Gasteiger partial charge >= 0.3 is 0 Å². The zero-order chi connectivity index (χ0) is 13.5. The average Bonchev–Trinajstić information content (AvgIpc) is 2.36. The molecule has 0 bridgehead atoms. The maximum Gasteiger partial charge on any atom is 0.172 e. The maximum absolute atomic E-state index is 8.93. The SMILES string of the molecule is CCSc1cccc(SCC(C)C)c1/C(N)=N/O. The number of oxime groups is 1. The number of rotatable bonds is 6. The molecule has 3 N–H and O–H groups in total. The highest BCUT2D eigenvalue weighted by molar-refractivity contribution is 8.00. The van der Waals surface area contributed by atoms with Crippen LogP contribution in [0.3, 0.4) is 0 Å². The molecular weight excluding hydrogens is 264 g/mol. The number of amidine groups is 1. The molecule has 18 heavy (non-hydrogen) atoms. The lowest BCUT2D eigenvalue weighted by Crippen LogP contribution is -2.16. The number of thioether (sulfide) groups is 2. The molecular formula is C13H20N2OS2. The monoisotopic (exact) mass is 284 g/mol. The summed E-state index contributed by atoms with van der Waals surface area (Å²) >= 11 is 3.46. The van der Waals surface area contributed by atoms with Crippen LogP contribution < -0.4 is 5.73 Å². The minimum absolute atomic E-state index is 0.192. The molecule has 5 heteroatoms. The van der Waals surface area contributed by atoms with Crippen LogP contribution in [-0.4, -0.2) is 22.5 Å². The van der Waals surface area contributed by atoms with Crippen molar-refractivity contribution in [1.29, 1.82) is 0 Å². The zero-order valence-corrected chi connectivity index (χ0v) is 12.6. The molecule has 1 aromatic carbocycles. The Kier molecular flexibility index (Phi) is 6.43. The lowest BCUT2D eigenvalue weighted by Gasteiger charge is -2.13. The van der Waals surface area contributed by atoms with Crippen molar-refractivity contribution < 1.29 is 5.21 Å². The van der Waals surface area contributed by atoms with E-state index in [1.54, 1.807) is 23.5 Å². The number of nitrogens with zero attached hydrogens (tertiary/aromatic N) is 1. The molecule has 1 aromatic rings. The Bertz CT molecular complexity index is 419. The van der Waals surface area contributed by atoms with Crippen LogP contribution in [0.5, 0.6) is 0 Å². The van der Waals surface area contributed by atoms with Crippen LogP contribution in [0, 0.1) is 5.92 Å². The fourth-order valence-corrected chi connectivity index (χ4v) is 3.42. The van der Waals surface area contributed by atoms with E-state index in [9.17, 15) is 0 Å². The molecule has 3 nitrogen and oxygen atoms in total. The molecule has 0 spiro atoms. The van der Waals surface area contributed by atoms with Gasteiger partial charge in [0.15, 0.2) is 5.84 Å². The van der Waals surface area contributed by atoms with Gasteiger partial charge in [-0.3, -0.25) is 0 Å². The topological polar surface area (TPSA) is 58.6 Å². The summed E-state index contributed by atoms with van der Waals surface area (Å²) in [6.45, 7) is 6.45. The summed E-state index contributed by atoms with van der Waals surface area (Å²) < 4.78 is 0. The molecule has 0 aliphatic heterocycles. The highest BCUT2D eigenvalue weighted by atomic mass is 32.2. The third-order valence-corrected chi connectivity index (χ3v) is 4.65. The Morgan fingerprint density at radius 3 is 2.44 bits per heavy atom. The van der Waals surface area contributed by atoms with Gasteiger partial charge in [0, 0.05) is 21.1 Å². The van der Waals surface area contributed by atoms with Gasteiger partial charge in [0.2, 0.25) is 0 Å². The third kappa shape index (κ3) is 4.14. The quantitative estimate of drug-likeness (QED) is 0.275. The van der Waals surface area contributed by atoms with Crippen molar-refractivity contribution >= 4 is 29.4 Å². The van der Waals surface area contributed by atoms with Crippen LogP contribution in [-0.2, 0) is 0 Å². The molecule has 0 aromatic heterocycles. The van der Waals surface area contributed by atoms with Gasteiger partial charge in [0.05, 0.1) is 0 Å². The van der Waals surface area contributed by atoms with Gasteiger partial charge in [0.1, 0.15) is 0 Å². The lowest BCUT2D eigenvalue weighted by molar-refractivity contribution is 0.318. The van der Waals surface area contributed by atoms with Gasteiger partial charge in [-0.2, -0.15) is 0 Å². The van der Waals surface area contributed by atoms with E-state index in [1.165, 1.54) is 0 Å². The second-order valence-electron chi connectivity index (χ2n) is 4.25. The van der Waals surface area contributed by atoms with Crippen molar-refractivity contribution in [2.24, 2.45) is 16.8 Å². The van der Waals surface area contributed by atoms with E-state index in [2.05, 4.69) is 25.9 Å². The number of hydrogen-bond donors (Lipinski definition) is 2. The first kappa shape index (κ1) is 15.2. The number of hydrogen-bond acceptors (Lipinski definition) is 4. The normalized spacial score (nSPS) is 12.1. The molecule has 0 unspecified atom stereocenters. The Hall–Kier alpha value is -0.810. The Balaban J connectivity index is 3.11. The lowest BCUT2D eigenvalue weighted by atomic mass is 10.2. The van der Waals surface area contributed by atoms with Gasteiger partial charge in [-0.1, -0.05) is 32.0 Å². The Morgan fingerprint density at radius 1 is 1.33 bits per heavy atom. The predicted octanol–water partition coefficient (Wildman–Crippen LogP) is 3.64. The Morgan fingerprint density at radius 2 is 1.94 bits per heavy atom. The van der Waals surface area contributed by atoms with Crippen LogP contribution in [0.15, 0.2) is 33.1 Å². The van der Waals surface area contributed by atoms with E-state index in [1.807, 2.05) is 18.2 Å². The molecule has 0 heterocycles. The summed E-state index contributed by atoms with van der Waals surface area (Å²) in [5, 5.41) is 12.1. The average molecular weight is 284 g/mol. The largest absolute Gasteiger partial charge is 0.409 e. The van der Waals surface area contributed by atoms with Gasteiger partial charge in [-0.25, -0.2) is 0 Å². The van der Waals surface area contributed by atoms with Crippen LogP contribution >= 0.6 is 23.5 Å². The van der Waals surface area contributed by atoms with E-state index in [0.29, 0.717) is 5.92 Å². The van der Waals surface area contributed by atoms with E-state index in [0.717, 1.165) is 26.9 Å². The van der Waals surface area contributed by atoms with Crippen LogP contribution in [0.1, 0.15) is 26.3 Å². The second-order valence-corrected chi connectivity index (χ2v) is 6.62. The number of nitrogens with two attached hydrogens (primary N) is 1. The van der Waals surface area contributed by atoms with Crippen molar-refractivity contribution in [3.63, 3.8) is 0 Å². The fraction of sp³-hybridized carbons (Fsp3) is 0.462. The molecule has 0 aliphatic carbocycles. The first-order chi connectivity index (χ1) is 8.60. The van der Waals surface area contributed by atoms with Crippen molar-refractivity contribution in [3.8, 4) is 0 Å². The fourth-order valence-electron chi connectivity index (χ4n) is 1.47. The zero-order valence-electron chi connectivity index (χ0n) is 11.0. The summed E-state index contributed by atoms with van der Waals surface area (Å²) in [6.07, 6.45) is 0. The highest BCUT2D eigenvalue weighted by Crippen LogP contribution is 2.32. The minimum atomic E-state index is 0.192. The van der Waals surface area contributed by atoms with E-state index >= 15 is 0 Å². The van der Waals surface area contributed by atoms with Gasteiger partial charge in [-0.05, 0) is 23.8 Å². The van der Waals surface area contributed by atoms with Crippen LogP contribution in [0.25, 0.3) is 0 Å². The standard InChI is InChI=1S/C13H20N2OS2/c1-4-17-10-6-5-7-11(18-8-9(2)3)12(10)13(14)15-16/h5-7,9,16H,4,8H2,1-3H3,(H2,14,15). The number of benzene rings is 1. The second kappa shape index (κ2) is 7.59.